The second-order valence-corrected chi connectivity index (χ2v) is 4.73. The lowest BCUT2D eigenvalue weighted by atomic mass is 10.3. The van der Waals surface area contributed by atoms with Crippen molar-refractivity contribution in [2.75, 3.05) is 44.7 Å². The minimum absolute atomic E-state index is 0.261. The van der Waals surface area contributed by atoms with Gasteiger partial charge in [-0.1, -0.05) is 0 Å². The molecule has 1 saturated heterocycles. The van der Waals surface area contributed by atoms with Crippen molar-refractivity contribution < 1.29 is 9.53 Å². The van der Waals surface area contributed by atoms with Gasteiger partial charge in [0.1, 0.15) is 11.8 Å². The first-order valence-corrected chi connectivity index (χ1v) is 6.99. The molecular weight excluding hydrogens is 270 g/mol. The van der Waals surface area contributed by atoms with Crippen molar-refractivity contribution in [1.82, 2.24) is 15.2 Å². The lowest BCUT2D eigenvalue weighted by molar-refractivity contribution is 0.0375. The number of ether oxygens (including phenoxy) is 1. The van der Waals surface area contributed by atoms with Gasteiger partial charge in [-0.05, 0) is 25.1 Å². The van der Waals surface area contributed by atoms with Gasteiger partial charge < -0.3 is 15.4 Å². The number of pyridine rings is 1. The highest BCUT2D eigenvalue weighted by Crippen LogP contribution is 2.05. The van der Waals surface area contributed by atoms with Gasteiger partial charge in [0.15, 0.2) is 0 Å². The highest BCUT2D eigenvalue weighted by molar-refractivity contribution is 5.88. The van der Waals surface area contributed by atoms with Crippen molar-refractivity contribution in [3.63, 3.8) is 0 Å². The predicted molar refractivity (Wildman–Crippen MR) is 77.8 cm³/mol. The molecule has 0 spiro atoms. The number of nitrogens with zero attached hydrogens (tertiary/aromatic N) is 3. The van der Waals surface area contributed by atoms with E-state index in [1.807, 2.05) is 6.07 Å². The molecule has 0 unspecified atom stereocenters. The van der Waals surface area contributed by atoms with Crippen LogP contribution in [0.2, 0.25) is 0 Å². The van der Waals surface area contributed by atoms with Gasteiger partial charge in [0, 0.05) is 19.6 Å². The zero-order valence-corrected chi connectivity index (χ0v) is 11.8. The van der Waals surface area contributed by atoms with Crippen LogP contribution in [0.1, 0.15) is 12.1 Å². The highest BCUT2D eigenvalue weighted by atomic mass is 16.5. The number of rotatable bonds is 5. The quantitative estimate of drug-likeness (QED) is 0.782. The summed E-state index contributed by atoms with van der Waals surface area (Å²) in [5, 5.41) is 14.1. The fraction of sp³-hybridized carbons (Fsp3) is 0.500. The first kappa shape index (κ1) is 15.2. The molecule has 2 amide bonds. The minimum Gasteiger partial charge on any atom is -0.379 e. The van der Waals surface area contributed by atoms with Gasteiger partial charge in [-0.25, -0.2) is 9.78 Å². The van der Waals surface area contributed by atoms with Crippen LogP contribution >= 0.6 is 0 Å². The van der Waals surface area contributed by atoms with Crippen molar-refractivity contribution in [3.8, 4) is 6.07 Å². The normalized spacial score (nSPS) is 15.2. The maximum atomic E-state index is 11.7. The molecule has 112 valence electrons. The van der Waals surface area contributed by atoms with Crippen molar-refractivity contribution >= 4 is 11.7 Å². The van der Waals surface area contributed by atoms with E-state index >= 15 is 0 Å². The number of hydrogen-bond acceptors (Lipinski definition) is 5. The van der Waals surface area contributed by atoms with Gasteiger partial charge in [0.2, 0.25) is 0 Å². The molecule has 1 aromatic rings. The molecule has 1 fully saturated rings. The van der Waals surface area contributed by atoms with Crippen LogP contribution in [-0.4, -0.2) is 55.3 Å². The van der Waals surface area contributed by atoms with E-state index in [0.717, 1.165) is 39.3 Å². The molecule has 0 saturated carbocycles. The van der Waals surface area contributed by atoms with Crippen LogP contribution in [-0.2, 0) is 4.74 Å². The molecule has 0 bridgehead atoms. The number of nitriles is 1. The van der Waals surface area contributed by atoms with Crippen LogP contribution < -0.4 is 10.6 Å². The van der Waals surface area contributed by atoms with Crippen LogP contribution in [0, 0.1) is 11.3 Å². The van der Waals surface area contributed by atoms with E-state index in [1.54, 1.807) is 12.1 Å². The Bertz CT molecular complexity index is 491. The molecular formula is C14H19N5O2. The topological polar surface area (TPSA) is 90.3 Å². The van der Waals surface area contributed by atoms with E-state index < -0.39 is 0 Å². The summed E-state index contributed by atoms with van der Waals surface area (Å²) in [6, 6.07) is 4.88. The van der Waals surface area contributed by atoms with Gasteiger partial charge in [-0.15, -0.1) is 0 Å². The number of hydrogen-bond donors (Lipinski definition) is 2. The molecule has 0 aliphatic carbocycles. The van der Waals surface area contributed by atoms with Crippen LogP contribution in [0.5, 0.6) is 0 Å². The van der Waals surface area contributed by atoms with Gasteiger partial charge in [0.25, 0.3) is 0 Å². The van der Waals surface area contributed by atoms with Gasteiger partial charge >= 0.3 is 6.03 Å². The number of anilines is 1. The van der Waals surface area contributed by atoms with E-state index in [2.05, 4.69) is 20.5 Å². The van der Waals surface area contributed by atoms with Crippen LogP contribution in [0.15, 0.2) is 18.3 Å². The molecule has 7 heteroatoms. The van der Waals surface area contributed by atoms with Crippen LogP contribution in [0.25, 0.3) is 0 Å². The maximum Gasteiger partial charge on any atom is 0.319 e. The lowest BCUT2D eigenvalue weighted by Crippen LogP contribution is -2.38. The first-order chi connectivity index (χ1) is 10.3. The van der Waals surface area contributed by atoms with Crippen molar-refractivity contribution in [2.24, 2.45) is 0 Å². The Morgan fingerprint density at radius 2 is 2.24 bits per heavy atom. The molecule has 2 heterocycles. The molecule has 0 aromatic carbocycles. The number of amides is 2. The summed E-state index contributed by atoms with van der Waals surface area (Å²) in [5.41, 5.74) is 0.895. The zero-order valence-electron chi connectivity index (χ0n) is 11.8. The van der Waals surface area contributed by atoms with Gasteiger partial charge in [0.05, 0.1) is 25.1 Å². The molecule has 2 N–H and O–H groups in total. The average Bonchev–Trinajstić information content (AvgIpc) is 2.53. The van der Waals surface area contributed by atoms with Crippen molar-refractivity contribution in [2.45, 2.75) is 6.42 Å². The molecule has 0 atom stereocenters. The van der Waals surface area contributed by atoms with Crippen LogP contribution in [0.3, 0.4) is 0 Å². The van der Waals surface area contributed by atoms with E-state index in [1.165, 1.54) is 6.20 Å². The van der Waals surface area contributed by atoms with E-state index in [4.69, 9.17) is 10.00 Å². The Labute approximate surface area is 123 Å². The van der Waals surface area contributed by atoms with E-state index in [0.29, 0.717) is 17.9 Å². The summed E-state index contributed by atoms with van der Waals surface area (Å²) < 4.78 is 5.28. The first-order valence-electron chi connectivity index (χ1n) is 6.99. The zero-order chi connectivity index (χ0) is 14.9. The molecule has 21 heavy (non-hydrogen) atoms. The number of nitrogens with one attached hydrogen (secondary N) is 2. The Kier molecular flexibility index (Phi) is 5.94. The summed E-state index contributed by atoms with van der Waals surface area (Å²) in [7, 11) is 0. The average molecular weight is 289 g/mol. The number of carbonyl (C=O) groups excluding carboxylic acids is 1. The van der Waals surface area contributed by atoms with Gasteiger partial charge in [-0.3, -0.25) is 4.90 Å². The van der Waals surface area contributed by atoms with Gasteiger partial charge in [-0.2, -0.15) is 5.26 Å². The fourth-order valence-electron chi connectivity index (χ4n) is 2.04. The third kappa shape index (κ3) is 5.38. The number of carbonyl (C=O) groups is 1. The lowest BCUT2D eigenvalue weighted by Gasteiger charge is -2.26. The summed E-state index contributed by atoms with van der Waals surface area (Å²) >= 11 is 0. The number of morpholine rings is 1. The number of urea groups is 1. The van der Waals surface area contributed by atoms with E-state index in [-0.39, 0.29) is 6.03 Å². The maximum absolute atomic E-state index is 11.7. The predicted octanol–water partition coefficient (Wildman–Crippen LogP) is 0.797. The molecule has 0 radical (unpaired) electrons. The fourth-order valence-corrected chi connectivity index (χ4v) is 2.04. The second-order valence-electron chi connectivity index (χ2n) is 4.73. The Hall–Kier alpha value is -2.17. The molecule has 7 nitrogen and oxygen atoms in total. The minimum atomic E-state index is -0.261. The SMILES string of the molecule is N#Cc1ccc(NC(=O)NCCCN2CCOCC2)cn1. The monoisotopic (exact) mass is 289 g/mol. The summed E-state index contributed by atoms with van der Waals surface area (Å²) in [5.74, 6) is 0. The molecule has 1 aromatic heterocycles. The third-order valence-electron chi connectivity index (χ3n) is 3.18. The Morgan fingerprint density at radius 1 is 1.43 bits per heavy atom. The molecule has 1 aliphatic rings. The van der Waals surface area contributed by atoms with Crippen LogP contribution in [0.4, 0.5) is 10.5 Å². The number of aromatic nitrogens is 1. The smallest absolute Gasteiger partial charge is 0.319 e. The molecule has 2 rings (SSSR count). The van der Waals surface area contributed by atoms with Crippen molar-refractivity contribution in [1.29, 1.82) is 5.26 Å². The summed E-state index contributed by atoms with van der Waals surface area (Å²) in [6.45, 7) is 5.08. The third-order valence-corrected chi connectivity index (χ3v) is 3.18. The summed E-state index contributed by atoms with van der Waals surface area (Å²) in [6.07, 6.45) is 2.37. The second kappa shape index (κ2) is 8.19. The van der Waals surface area contributed by atoms with E-state index in [9.17, 15) is 4.79 Å². The largest absolute Gasteiger partial charge is 0.379 e. The Morgan fingerprint density at radius 3 is 2.90 bits per heavy atom. The summed E-state index contributed by atoms with van der Waals surface area (Å²) in [4.78, 5) is 17.9. The standard InChI is InChI=1S/C14H19N5O2/c15-10-12-2-3-13(11-17-12)18-14(20)16-4-1-5-19-6-8-21-9-7-19/h2-3,11H,1,4-9H2,(H2,16,18,20). The molecule has 1 aliphatic heterocycles. The highest BCUT2D eigenvalue weighted by Gasteiger charge is 2.09. The Balaban J connectivity index is 1.61. The van der Waals surface area contributed by atoms with Crippen molar-refractivity contribution in [3.05, 3.63) is 24.0 Å².